The number of H-pyrrole nitrogens is 1. The Morgan fingerprint density at radius 3 is 2.77 bits per heavy atom. The van der Waals surface area contributed by atoms with E-state index in [0.29, 0.717) is 24.9 Å². The number of carbonyl (C=O) groups is 1. The molecule has 0 spiro atoms. The van der Waals surface area contributed by atoms with Gasteiger partial charge in [0.25, 0.3) is 0 Å². The molecule has 0 unspecified atom stereocenters. The van der Waals surface area contributed by atoms with E-state index in [9.17, 15) is 22.4 Å². The van der Waals surface area contributed by atoms with Crippen molar-refractivity contribution in [2.45, 2.75) is 24.3 Å². The molecule has 158 valence electrons. The Balaban J connectivity index is 1.45. The van der Waals surface area contributed by atoms with E-state index in [2.05, 4.69) is 10.3 Å². The fourth-order valence-corrected chi connectivity index (χ4v) is 5.09. The number of sulfonamides is 1. The molecular weight excluding hydrogens is 413 g/mol. The van der Waals surface area contributed by atoms with Crippen molar-refractivity contribution in [3.63, 3.8) is 0 Å². The summed E-state index contributed by atoms with van der Waals surface area (Å²) in [5.74, 6) is -1.74. The lowest BCUT2D eigenvalue weighted by Crippen LogP contribution is -2.45. The van der Waals surface area contributed by atoms with Crippen molar-refractivity contribution in [3.05, 3.63) is 64.4 Å². The van der Waals surface area contributed by atoms with E-state index < -0.39 is 21.7 Å². The monoisotopic (exact) mass is 433 g/mol. The van der Waals surface area contributed by atoms with Crippen LogP contribution in [-0.4, -0.2) is 36.7 Å². The van der Waals surface area contributed by atoms with E-state index in [1.54, 1.807) is 12.1 Å². The molecule has 0 aliphatic carbocycles. The first-order valence-electron chi connectivity index (χ1n) is 9.48. The summed E-state index contributed by atoms with van der Waals surface area (Å²) in [6.07, 6.45) is 1.13. The molecule has 1 aliphatic rings. The van der Waals surface area contributed by atoms with Gasteiger partial charge in [0.05, 0.1) is 16.3 Å². The molecule has 2 heterocycles. The molecule has 1 aromatic heterocycles. The van der Waals surface area contributed by atoms with Crippen LogP contribution in [0.1, 0.15) is 18.4 Å². The number of rotatable bonds is 5. The van der Waals surface area contributed by atoms with E-state index in [4.69, 9.17) is 4.42 Å². The van der Waals surface area contributed by atoms with Crippen LogP contribution in [0.5, 0.6) is 0 Å². The number of aromatic amines is 1. The van der Waals surface area contributed by atoms with Gasteiger partial charge in [0.15, 0.2) is 5.58 Å². The number of nitrogens with one attached hydrogen (secondary N) is 2. The number of halogens is 1. The quantitative estimate of drug-likeness (QED) is 0.639. The van der Waals surface area contributed by atoms with Gasteiger partial charge in [-0.25, -0.2) is 17.6 Å². The number of benzene rings is 2. The number of hydrogen-bond donors (Lipinski definition) is 2. The van der Waals surface area contributed by atoms with Crippen LogP contribution in [0.15, 0.2) is 56.6 Å². The first kappa shape index (κ1) is 20.3. The van der Waals surface area contributed by atoms with Gasteiger partial charge in [-0.1, -0.05) is 12.1 Å². The van der Waals surface area contributed by atoms with Gasteiger partial charge in [-0.05, 0) is 42.7 Å². The molecule has 1 atom stereocenters. The number of nitrogens with zero attached hydrogens (tertiary/aromatic N) is 1. The molecule has 30 heavy (non-hydrogen) atoms. The molecule has 1 saturated heterocycles. The van der Waals surface area contributed by atoms with Crippen molar-refractivity contribution in [1.29, 1.82) is 0 Å². The van der Waals surface area contributed by atoms with Crippen LogP contribution in [0.2, 0.25) is 0 Å². The molecule has 1 fully saturated rings. The van der Waals surface area contributed by atoms with Crippen molar-refractivity contribution in [3.8, 4) is 0 Å². The van der Waals surface area contributed by atoms with Gasteiger partial charge < -0.3 is 9.73 Å². The van der Waals surface area contributed by atoms with Gasteiger partial charge in [0, 0.05) is 25.7 Å². The van der Waals surface area contributed by atoms with Crippen molar-refractivity contribution in [2.75, 3.05) is 13.1 Å². The number of piperidine rings is 1. The summed E-state index contributed by atoms with van der Waals surface area (Å²) in [6, 6.07) is 10.00. The minimum Gasteiger partial charge on any atom is -0.408 e. The number of aromatic nitrogens is 1. The maximum atomic E-state index is 13.0. The summed E-state index contributed by atoms with van der Waals surface area (Å²) in [7, 11) is -3.85. The van der Waals surface area contributed by atoms with Crippen LogP contribution in [0.4, 0.5) is 4.39 Å². The zero-order valence-corrected chi connectivity index (χ0v) is 16.7. The average molecular weight is 433 g/mol. The van der Waals surface area contributed by atoms with E-state index in [-0.39, 0.29) is 35.3 Å². The predicted octanol–water partition coefficient (Wildman–Crippen LogP) is 1.98. The Morgan fingerprint density at radius 2 is 2.00 bits per heavy atom. The summed E-state index contributed by atoms with van der Waals surface area (Å²) in [6.45, 7) is 0.609. The van der Waals surface area contributed by atoms with Gasteiger partial charge in [-0.15, -0.1) is 0 Å². The van der Waals surface area contributed by atoms with Crippen molar-refractivity contribution in [1.82, 2.24) is 14.6 Å². The lowest BCUT2D eigenvalue weighted by molar-refractivity contribution is -0.126. The third kappa shape index (κ3) is 4.14. The smallest absolute Gasteiger partial charge is 0.408 e. The number of carbonyl (C=O) groups excluding carboxylic acids is 1. The van der Waals surface area contributed by atoms with Gasteiger partial charge in [0.2, 0.25) is 15.9 Å². The van der Waals surface area contributed by atoms with Crippen LogP contribution in [-0.2, 0) is 21.4 Å². The number of fused-ring (bicyclic) bond motifs is 1. The lowest BCUT2D eigenvalue weighted by Gasteiger charge is -2.31. The third-order valence-corrected chi connectivity index (χ3v) is 7.03. The summed E-state index contributed by atoms with van der Waals surface area (Å²) in [4.78, 5) is 26.3. The largest absolute Gasteiger partial charge is 0.417 e. The number of hydrogen-bond acceptors (Lipinski definition) is 5. The molecule has 4 rings (SSSR count). The first-order chi connectivity index (χ1) is 14.3. The van der Waals surface area contributed by atoms with Gasteiger partial charge in [-0.2, -0.15) is 4.31 Å². The maximum Gasteiger partial charge on any atom is 0.417 e. The zero-order chi connectivity index (χ0) is 21.3. The highest BCUT2D eigenvalue weighted by atomic mass is 32.2. The predicted molar refractivity (Wildman–Crippen MR) is 107 cm³/mol. The van der Waals surface area contributed by atoms with E-state index in [1.165, 1.54) is 34.6 Å². The number of amides is 1. The first-order valence-corrected chi connectivity index (χ1v) is 10.9. The number of oxazole rings is 1. The van der Waals surface area contributed by atoms with Crippen LogP contribution in [0.3, 0.4) is 0 Å². The molecule has 0 saturated carbocycles. The topological polar surface area (TPSA) is 112 Å². The van der Waals surface area contributed by atoms with Crippen molar-refractivity contribution < 1.29 is 22.0 Å². The summed E-state index contributed by atoms with van der Waals surface area (Å²) in [5, 5.41) is 2.79. The summed E-state index contributed by atoms with van der Waals surface area (Å²) in [5.41, 5.74) is 1.33. The molecule has 0 bridgehead atoms. The highest BCUT2D eigenvalue weighted by Gasteiger charge is 2.33. The van der Waals surface area contributed by atoms with Crippen LogP contribution >= 0.6 is 0 Å². The minimum atomic E-state index is -3.85. The van der Waals surface area contributed by atoms with Gasteiger partial charge in [-0.3, -0.25) is 9.78 Å². The fraction of sp³-hybridized carbons (Fsp3) is 0.300. The normalized spacial score (nSPS) is 17.8. The standard InChI is InChI=1S/C20H20FN3O5S/c21-15-5-3-13(4-6-15)11-22-19(25)14-2-1-9-24(12-14)30(27,28)16-7-8-17-18(10-16)29-20(26)23-17/h3-8,10,14H,1-2,9,11-12H2,(H,22,25)(H,23,26)/t14-/m0/s1. The molecule has 10 heteroatoms. The van der Waals surface area contributed by atoms with Crippen LogP contribution < -0.4 is 11.1 Å². The molecular formula is C20H20FN3O5S. The van der Waals surface area contributed by atoms with E-state index in [1.807, 2.05) is 0 Å². The second-order valence-electron chi connectivity index (χ2n) is 7.22. The minimum absolute atomic E-state index is 0.00474. The summed E-state index contributed by atoms with van der Waals surface area (Å²) >= 11 is 0. The Morgan fingerprint density at radius 1 is 1.23 bits per heavy atom. The molecule has 8 nitrogen and oxygen atoms in total. The average Bonchev–Trinajstić information content (AvgIpc) is 3.12. The van der Waals surface area contributed by atoms with Crippen molar-refractivity contribution in [2.24, 2.45) is 5.92 Å². The molecule has 2 aromatic carbocycles. The second-order valence-corrected chi connectivity index (χ2v) is 9.16. The molecule has 1 amide bonds. The SMILES string of the molecule is O=C(NCc1ccc(F)cc1)[C@H]1CCCN(S(=O)(=O)c2ccc3[nH]c(=O)oc3c2)C1. The van der Waals surface area contributed by atoms with Crippen LogP contribution in [0.25, 0.3) is 11.1 Å². The third-order valence-electron chi connectivity index (χ3n) is 5.17. The Hall–Kier alpha value is -2.98. The Bertz CT molecular complexity index is 1230. The highest BCUT2D eigenvalue weighted by molar-refractivity contribution is 7.89. The Labute approximate surface area is 171 Å². The van der Waals surface area contributed by atoms with Gasteiger partial charge in [0.1, 0.15) is 5.82 Å². The van der Waals surface area contributed by atoms with Crippen molar-refractivity contribution >= 4 is 27.0 Å². The lowest BCUT2D eigenvalue weighted by atomic mass is 9.99. The van der Waals surface area contributed by atoms with E-state index in [0.717, 1.165) is 5.56 Å². The zero-order valence-electron chi connectivity index (χ0n) is 15.9. The fourth-order valence-electron chi connectivity index (χ4n) is 3.55. The maximum absolute atomic E-state index is 13.0. The van der Waals surface area contributed by atoms with Gasteiger partial charge >= 0.3 is 5.76 Å². The Kier molecular flexibility index (Phi) is 5.44. The molecule has 1 aliphatic heterocycles. The van der Waals surface area contributed by atoms with E-state index >= 15 is 0 Å². The second kappa shape index (κ2) is 8.04. The molecule has 0 radical (unpaired) electrons. The highest BCUT2D eigenvalue weighted by Crippen LogP contribution is 2.25. The summed E-state index contributed by atoms with van der Waals surface area (Å²) < 4.78 is 45.3. The molecule has 3 aromatic rings. The molecule has 2 N–H and O–H groups in total. The van der Waals surface area contributed by atoms with Crippen LogP contribution in [0, 0.1) is 11.7 Å².